The Labute approximate surface area is 233 Å². The summed E-state index contributed by atoms with van der Waals surface area (Å²) in [4.78, 5) is 32.1. The Balaban J connectivity index is 1.34. The van der Waals surface area contributed by atoms with Crippen LogP contribution in [0.5, 0.6) is 5.75 Å². The number of nitrogens with one attached hydrogen (secondary N) is 1. The largest absolute Gasteiger partial charge is 0.489 e. The van der Waals surface area contributed by atoms with Crippen LogP contribution in [0.25, 0.3) is 22.2 Å². The van der Waals surface area contributed by atoms with Crippen LogP contribution in [0.15, 0.2) is 84.9 Å². The molecular weight excluding hydrogens is 504 g/mol. The molecule has 0 radical (unpaired) electrons. The van der Waals surface area contributed by atoms with Crippen LogP contribution < -0.4 is 16.0 Å². The predicted octanol–water partition coefficient (Wildman–Crippen LogP) is 4.79. The zero-order valence-corrected chi connectivity index (χ0v) is 22.7. The molecule has 2 heterocycles. The monoisotopic (exact) mass is 538 g/mol. The van der Waals surface area contributed by atoms with Crippen molar-refractivity contribution in [3.05, 3.63) is 96.1 Å². The fourth-order valence-electron chi connectivity index (χ4n) is 5.36. The first-order valence-corrected chi connectivity index (χ1v) is 13.5. The molecule has 2 amide bonds. The number of carbonyl (C=O) groups is 2. The van der Waals surface area contributed by atoms with Gasteiger partial charge in [-0.2, -0.15) is 0 Å². The van der Waals surface area contributed by atoms with Crippen LogP contribution in [0.1, 0.15) is 37.8 Å². The molecule has 1 fully saturated rings. The first-order valence-electron chi connectivity index (χ1n) is 13.5. The van der Waals surface area contributed by atoms with E-state index in [2.05, 4.69) is 6.07 Å². The number of aromatic nitrogens is 1. The fraction of sp³-hybridized carbons (Fsp3) is 0.281. The third-order valence-electron chi connectivity index (χ3n) is 7.51. The molecule has 206 valence electrons. The Hall–Kier alpha value is -4.27. The smallest absolute Gasteiger partial charge is 0.266 e. The maximum atomic E-state index is 13.4. The lowest BCUT2D eigenvalue weighted by molar-refractivity contribution is -0.144. The quantitative estimate of drug-likeness (QED) is 0.208. The molecule has 3 aromatic carbocycles. The lowest BCUT2D eigenvalue weighted by atomic mass is 9.89. The molecule has 1 aromatic heterocycles. The van der Waals surface area contributed by atoms with Gasteiger partial charge in [0.25, 0.3) is 5.91 Å². The van der Waals surface area contributed by atoms with Gasteiger partial charge in [-0.3, -0.25) is 14.8 Å². The Bertz CT molecular complexity index is 1510. The second-order valence-electron chi connectivity index (χ2n) is 10.7. The number of hydrogen-bond donors (Lipinski definition) is 3. The van der Waals surface area contributed by atoms with Crippen LogP contribution in [0.3, 0.4) is 0 Å². The van der Waals surface area contributed by atoms with Gasteiger partial charge in [0.2, 0.25) is 5.91 Å². The normalized spacial score (nSPS) is 17.8. The Morgan fingerprint density at radius 3 is 2.48 bits per heavy atom. The molecule has 4 aromatic rings. The van der Waals surface area contributed by atoms with Crippen molar-refractivity contribution in [2.24, 2.45) is 11.7 Å². The van der Waals surface area contributed by atoms with Crippen LogP contribution in [0, 0.1) is 5.92 Å². The van der Waals surface area contributed by atoms with E-state index in [1.54, 1.807) is 17.6 Å². The Morgan fingerprint density at radius 1 is 1.07 bits per heavy atom. The number of para-hydroxylation sites is 1. The van der Waals surface area contributed by atoms with Gasteiger partial charge in [0.05, 0.1) is 11.2 Å². The summed E-state index contributed by atoms with van der Waals surface area (Å²) in [5, 5.41) is 10.2. The van der Waals surface area contributed by atoms with Crippen LogP contribution in [0.2, 0.25) is 0 Å². The third kappa shape index (κ3) is 5.41. The SMILES string of the molecule is CC(C)C[C@H](C(=O)NO)N1CC[C@@](N)(c2ccc(OCc3cc(-c4ccccc4)nc4ccccc34)cc2)C1=O. The number of ether oxygens (including phenoxy) is 1. The summed E-state index contributed by atoms with van der Waals surface area (Å²) in [6.07, 6.45) is 0.793. The highest BCUT2D eigenvalue weighted by molar-refractivity contribution is 5.94. The van der Waals surface area contributed by atoms with Crippen molar-refractivity contribution in [1.82, 2.24) is 15.4 Å². The zero-order valence-electron chi connectivity index (χ0n) is 22.7. The lowest BCUT2D eigenvalue weighted by Gasteiger charge is -2.30. The second-order valence-corrected chi connectivity index (χ2v) is 10.7. The van der Waals surface area contributed by atoms with Gasteiger partial charge in [-0.05, 0) is 48.6 Å². The molecule has 0 saturated carbocycles. The topological polar surface area (TPSA) is 118 Å². The van der Waals surface area contributed by atoms with E-state index in [-0.39, 0.29) is 11.8 Å². The molecule has 8 nitrogen and oxygen atoms in total. The van der Waals surface area contributed by atoms with E-state index in [9.17, 15) is 14.8 Å². The minimum absolute atomic E-state index is 0.153. The molecule has 1 aliphatic heterocycles. The summed E-state index contributed by atoms with van der Waals surface area (Å²) in [7, 11) is 0. The number of pyridine rings is 1. The Kier molecular flexibility index (Phi) is 7.82. The molecule has 4 N–H and O–H groups in total. The predicted molar refractivity (Wildman–Crippen MR) is 153 cm³/mol. The molecular formula is C32H34N4O4. The molecule has 1 saturated heterocycles. The number of nitrogens with two attached hydrogens (primary N) is 1. The molecule has 5 rings (SSSR count). The van der Waals surface area contributed by atoms with Crippen molar-refractivity contribution in [1.29, 1.82) is 0 Å². The number of rotatable bonds is 9. The first-order chi connectivity index (χ1) is 19.3. The first kappa shape index (κ1) is 27.3. The van der Waals surface area contributed by atoms with Crippen molar-refractivity contribution >= 4 is 22.7 Å². The van der Waals surface area contributed by atoms with E-state index in [0.717, 1.165) is 27.7 Å². The number of likely N-dealkylation sites (tertiary alicyclic amines) is 1. The summed E-state index contributed by atoms with van der Waals surface area (Å²) in [5.74, 6) is -0.129. The molecule has 0 unspecified atom stereocenters. The number of hydroxylamine groups is 1. The maximum Gasteiger partial charge on any atom is 0.266 e. The van der Waals surface area contributed by atoms with E-state index in [4.69, 9.17) is 15.5 Å². The molecule has 40 heavy (non-hydrogen) atoms. The van der Waals surface area contributed by atoms with E-state index >= 15 is 0 Å². The van der Waals surface area contributed by atoms with Crippen molar-refractivity contribution in [3.63, 3.8) is 0 Å². The van der Waals surface area contributed by atoms with Crippen LogP contribution >= 0.6 is 0 Å². The molecule has 2 atom stereocenters. The average molecular weight is 539 g/mol. The third-order valence-corrected chi connectivity index (χ3v) is 7.51. The van der Waals surface area contributed by atoms with Crippen molar-refractivity contribution in [2.75, 3.05) is 6.54 Å². The van der Waals surface area contributed by atoms with Crippen molar-refractivity contribution < 1.29 is 19.5 Å². The number of fused-ring (bicyclic) bond motifs is 1. The summed E-state index contributed by atoms with van der Waals surface area (Å²) >= 11 is 0. The maximum absolute atomic E-state index is 13.4. The lowest BCUT2D eigenvalue weighted by Crippen LogP contribution is -2.52. The van der Waals surface area contributed by atoms with Gasteiger partial charge in [0.15, 0.2) is 0 Å². The van der Waals surface area contributed by atoms with E-state index < -0.39 is 17.5 Å². The molecule has 1 aliphatic rings. The van der Waals surface area contributed by atoms with Gasteiger partial charge >= 0.3 is 0 Å². The number of carbonyl (C=O) groups excluding carboxylic acids is 2. The highest BCUT2D eigenvalue weighted by Gasteiger charge is 2.48. The Morgan fingerprint density at radius 2 is 1.77 bits per heavy atom. The van der Waals surface area contributed by atoms with Gasteiger partial charge in [-0.1, -0.05) is 74.5 Å². The molecule has 0 bridgehead atoms. The highest BCUT2D eigenvalue weighted by Crippen LogP contribution is 2.34. The van der Waals surface area contributed by atoms with Crippen LogP contribution in [0.4, 0.5) is 0 Å². The fourth-order valence-corrected chi connectivity index (χ4v) is 5.36. The summed E-state index contributed by atoms with van der Waals surface area (Å²) in [6, 6.07) is 26.6. The summed E-state index contributed by atoms with van der Waals surface area (Å²) < 4.78 is 6.17. The van der Waals surface area contributed by atoms with Crippen molar-refractivity contribution in [3.8, 4) is 17.0 Å². The number of hydrogen-bond acceptors (Lipinski definition) is 6. The van der Waals surface area contributed by atoms with Gasteiger partial charge in [0, 0.05) is 23.1 Å². The average Bonchev–Trinajstić information content (AvgIpc) is 3.29. The van der Waals surface area contributed by atoms with Gasteiger partial charge in [0.1, 0.15) is 23.9 Å². The minimum atomic E-state index is -1.25. The standard InChI is InChI=1S/C32H34N4O4/c1-21(2)18-29(30(37)35-39)36-17-16-32(33,31(36)38)24-12-14-25(15-13-24)40-20-23-19-28(22-8-4-3-5-9-22)34-27-11-7-6-10-26(23)27/h3-15,19,21,29,39H,16-18,20,33H2,1-2H3,(H,35,37)/t29-,32-/m1/s1. The zero-order chi connectivity index (χ0) is 28.3. The van der Waals surface area contributed by atoms with E-state index in [0.29, 0.717) is 37.3 Å². The van der Waals surface area contributed by atoms with Crippen molar-refractivity contribution in [2.45, 2.75) is 44.9 Å². The van der Waals surface area contributed by atoms with E-state index in [1.165, 1.54) is 4.90 Å². The number of amides is 2. The highest BCUT2D eigenvalue weighted by atomic mass is 16.5. The van der Waals surface area contributed by atoms with Gasteiger partial charge in [-0.25, -0.2) is 10.5 Å². The van der Waals surface area contributed by atoms with E-state index in [1.807, 2.05) is 80.6 Å². The number of benzene rings is 3. The molecule has 0 aliphatic carbocycles. The van der Waals surface area contributed by atoms with Crippen LogP contribution in [-0.4, -0.2) is 39.5 Å². The summed E-state index contributed by atoms with van der Waals surface area (Å²) in [5.41, 5.74) is 11.6. The second kappa shape index (κ2) is 11.5. The number of nitrogens with zero attached hydrogens (tertiary/aromatic N) is 2. The summed E-state index contributed by atoms with van der Waals surface area (Å²) in [6.45, 7) is 4.60. The minimum Gasteiger partial charge on any atom is -0.489 e. The van der Waals surface area contributed by atoms with Gasteiger partial charge < -0.3 is 15.4 Å². The van der Waals surface area contributed by atoms with Crippen LogP contribution in [-0.2, 0) is 21.7 Å². The molecule has 0 spiro atoms. The van der Waals surface area contributed by atoms with Gasteiger partial charge in [-0.15, -0.1) is 0 Å². The molecule has 8 heteroatoms.